The van der Waals surface area contributed by atoms with Crippen LogP contribution in [-0.2, 0) is 21.8 Å². The van der Waals surface area contributed by atoms with Crippen LogP contribution >= 0.6 is 11.8 Å². The van der Waals surface area contributed by atoms with E-state index < -0.39 is 6.04 Å². The molecule has 1 N–H and O–H groups in total. The summed E-state index contributed by atoms with van der Waals surface area (Å²) in [4.78, 5) is 27.1. The summed E-state index contributed by atoms with van der Waals surface area (Å²) in [6.45, 7) is 5.00. The molecule has 0 spiro atoms. The van der Waals surface area contributed by atoms with Crippen molar-refractivity contribution in [2.24, 2.45) is 0 Å². The third kappa shape index (κ3) is 7.39. The monoisotopic (exact) mass is 398 g/mol. The van der Waals surface area contributed by atoms with Gasteiger partial charge in [0, 0.05) is 18.8 Å². The van der Waals surface area contributed by atoms with E-state index in [0.717, 1.165) is 18.6 Å². The molecule has 0 radical (unpaired) electrons. The van der Waals surface area contributed by atoms with Gasteiger partial charge < -0.3 is 10.2 Å². The van der Waals surface area contributed by atoms with Gasteiger partial charge in [-0.25, -0.2) is 0 Å². The fourth-order valence-electron chi connectivity index (χ4n) is 2.88. The molecule has 0 saturated heterocycles. The number of nitrogens with one attached hydrogen (secondary N) is 1. The normalized spacial score (nSPS) is 11.6. The number of benzene rings is 2. The van der Waals surface area contributed by atoms with Gasteiger partial charge in [-0.1, -0.05) is 67.6 Å². The Balaban J connectivity index is 1.96. The summed E-state index contributed by atoms with van der Waals surface area (Å²) < 4.78 is 0. The van der Waals surface area contributed by atoms with Gasteiger partial charge >= 0.3 is 0 Å². The first-order chi connectivity index (χ1) is 13.6. The van der Waals surface area contributed by atoms with Gasteiger partial charge in [-0.2, -0.15) is 0 Å². The molecular formula is C23H30N2O2S. The molecule has 1 atom stereocenters. The molecule has 2 rings (SSSR count). The molecule has 2 amide bonds. The summed E-state index contributed by atoms with van der Waals surface area (Å²) in [6, 6.07) is 19.7. The van der Waals surface area contributed by atoms with Crippen molar-refractivity contribution in [2.75, 3.05) is 18.8 Å². The highest BCUT2D eigenvalue weighted by Gasteiger charge is 2.25. The van der Waals surface area contributed by atoms with Gasteiger partial charge in [-0.3, -0.25) is 9.59 Å². The first-order valence-electron chi connectivity index (χ1n) is 9.84. The zero-order valence-electron chi connectivity index (χ0n) is 16.8. The van der Waals surface area contributed by atoms with Crippen LogP contribution in [0.4, 0.5) is 0 Å². The smallest absolute Gasteiger partial charge is 0.242 e. The lowest BCUT2D eigenvalue weighted by atomic mass is 10.1. The highest BCUT2D eigenvalue weighted by atomic mass is 32.2. The first-order valence-corrected chi connectivity index (χ1v) is 11.0. The van der Waals surface area contributed by atoms with Crippen molar-refractivity contribution in [3.8, 4) is 0 Å². The Morgan fingerprint density at radius 1 is 1.00 bits per heavy atom. The quantitative estimate of drug-likeness (QED) is 0.624. The number of rotatable bonds is 11. The zero-order valence-corrected chi connectivity index (χ0v) is 17.6. The molecule has 0 aliphatic heterocycles. The van der Waals surface area contributed by atoms with E-state index in [1.54, 1.807) is 16.7 Å². The average molecular weight is 399 g/mol. The lowest BCUT2D eigenvalue weighted by Gasteiger charge is -2.28. The summed E-state index contributed by atoms with van der Waals surface area (Å²) in [5.41, 5.74) is 2.36. The van der Waals surface area contributed by atoms with Gasteiger partial charge in [0.05, 0.1) is 5.75 Å². The lowest BCUT2D eigenvalue weighted by molar-refractivity contribution is -0.137. The minimum atomic E-state index is -0.472. The molecule has 0 aliphatic carbocycles. The van der Waals surface area contributed by atoms with Gasteiger partial charge in [0.15, 0.2) is 0 Å². The topological polar surface area (TPSA) is 49.4 Å². The number of carbonyl (C=O) groups excluding carboxylic acids is 2. The third-order valence-electron chi connectivity index (χ3n) is 4.54. The van der Waals surface area contributed by atoms with Crippen LogP contribution in [0.15, 0.2) is 60.7 Å². The first kappa shape index (κ1) is 22.0. The van der Waals surface area contributed by atoms with E-state index in [-0.39, 0.29) is 11.8 Å². The maximum absolute atomic E-state index is 12.9. The lowest BCUT2D eigenvalue weighted by Crippen LogP contribution is -2.49. The third-order valence-corrected chi connectivity index (χ3v) is 5.53. The van der Waals surface area contributed by atoms with Crippen molar-refractivity contribution >= 4 is 23.6 Å². The van der Waals surface area contributed by atoms with Crippen LogP contribution in [0.5, 0.6) is 0 Å². The molecule has 0 heterocycles. The Morgan fingerprint density at radius 3 is 2.21 bits per heavy atom. The largest absolute Gasteiger partial charge is 0.354 e. The van der Waals surface area contributed by atoms with E-state index in [1.807, 2.05) is 50.2 Å². The van der Waals surface area contributed by atoms with Crippen LogP contribution in [0, 0.1) is 0 Å². The molecule has 2 aromatic carbocycles. The van der Waals surface area contributed by atoms with Crippen LogP contribution in [0.2, 0.25) is 0 Å². The molecular weight excluding hydrogens is 368 g/mol. The maximum Gasteiger partial charge on any atom is 0.242 e. The van der Waals surface area contributed by atoms with Crippen molar-refractivity contribution in [1.29, 1.82) is 0 Å². The minimum absolute atomic E-state index is 0.0102. The summed E-state index contributed by atoms with van der Waals surface area (Å²) in [6.07, 6.45) is 1.62. The number of nitrogens with zero attached hydrogens (tertiary/aromatic N) is 1. The van der Waals surface area contributed by atoms with Crippen molar-refractivity contribution in [3.05, 3.63) is 71.8 Å². The van der Waals surface area contributed by atoms with Crippen molar-refractivity contribution < 1.29 is 9.59 Å². The molecule has 0 aromatic heterocycles. The van der Waals surface area contributed by atoms with Crippen molar-refractivity contribution in [3.63, 3.8) is 0 Å². The van der Waals surface area contributed by atoms with Gasteiger partial charge in [-0.15, -0.1) is 11.8 Å². The Morgan fingerprint density at radius 2 is 1.61 bits per heavy atom. The Hall–Kier alpha value is -2.27. The second-order valence-corrected chi connectivity index (χ2v) is 7.75. The number of thioether (sulfide) groups is 1. The SMILES string of the molecule is CCCNC(=O)C(C)N(CCc1ccccc1)C(=O)CSCc1ccccc1. The molecule has 4 nitrogen and oxygen atoms in total. The van der Waals surface area contributed by atoms with Crippen molar-refractivity contribution in [2.45, 2.75) is 38.5 Å². The highest BCUT2D eigenvalue weighted by Crippen LogP contribution is 2.14. The zero-order chi connectivity index (χ0) is 20.2. The van der Waals surface area contributed by atoms with Crippen LogP contribution in [0.3, 0.4) is 0 Å². The average Bonchev–Trinajstić information content (AvgIpc) is 2.73. The van der Waals surface area contributed by atoms with Gasteiger partial charge in [0.2, 0.25) is 11.8 Å². The molecule has 0 fully saturated rings. The highest BCUT2D eigenvalue weighted by molar-refractivity contribution is 7.99. The number of amides is 2. The van der Waals surface area contributed by atoms with Gasteiger partial charge in [-0.05, 0) is 30.9 Å². The summed E-state index contributed by atoms with van der Waals surface area (Å²) in [5.74, 6) is 1.08. The van der Waals surface area contributed by atoms with Crippen molar-refractivity contribution in [1.82, 2.24) is 10.2 Å². The van der Waals surface area contributed by atoms with Crippen LogP contribution in [0.1, 0.15) is 31.4 Å². The second kappa shape index (κ2) is 12.2. The van der Waals surface area contributed by atoms with E-state index in [9.17, 15) is 9.59 Å². The predicted octanol–water partition coefficient (Wildman–Crippen LogP) is 3.91. The summed E-state index contributed by atoms with van der Waals surface area (Å²) in [7, 11) is 0. The number of carbonyl (C=O) groups is 2. The van der Waals surface area contributed by atoms with E-state index >= 15 is 0 Å². The standard InChI is InChI=1S/C23H30N2O2S/c1-3-15-24-23(27)19(2)25(16-14-20-10-6-4-7-11-20)22(26)18-28-17-21-12-8-5-9-13-21/h4-13,19H,3,14-18H2,1-2H3,(H,24,27). The summed E-state index contributed by atoms with van der Waals surface area (Å²) in [5, 5.41) is 2.91. The molecule has 0 bridgehead atoms. The fraction of sp³-hybridized carbons (Fsp3) is 0.391. The van der Waals surface area contributed by atoms with E-state index in [4.69, 9.17) is 0 Å². The van der Waals surface area contributed by atoms with Crippen LogP contribution < -0.4 is 5.32 Å². The van der Waals surface area contributed by atoms with E-state index in [2.05, 4.69) is 29.6 Å². The molecule has 5 heteroatoms. The van der Waals surface area contributed by atoms with E-state index in [1.165, 1.54) is 11.1 Å². The van der Waals surface area contributed by atoms with Gasteiger partial charge in [0.25, 0.3) is 0 Å². The molecule has 2 aromatic rings. The number of hydrogen-bond donors (Lipinski definition) is 1. The Labute approximate surface area is 172 Å². The summed E-state index contributed by atoms with van der Waals surface area (Å²) >= 11 is 1.59. The van der Waals surface area contributed by atoms with E-state index in [0.29, 0.717) is 18.8 Å². The fourth-order valence-corrected chi connectivity index (χ4v) is 3.75. The van der Waals surface area contributed by atoms with Crippen LogP contribution in [0.25, 0.3) is 0 Å². The van der Waals surface area contributed by atoms with Gasteiger partial charge in [0.1, 0.15) is 6.04 Å². The Bertz CT molecular complexity index is 722. The number of hydrogen-bond acceptors (Lipinski definition) is 3. The predicted molar refractivity (Wildman–Crippen MR) is 117 cm³/mol. The Kier molecular flexibility index (Phi) is 9.63. The molecule has 150 valence electrons. The molecule has 0 aliphatic rings. The maximum atomic E-state index is 12.9. The van der Waals surface area contributed by atoms with Crippen LogP contribution in [-0.4, -0.2) is 41.6 Å². The molecule has 28 heavy (non-hydrogen) atoms. The minimum Gasteiger partial charge on any atom is -0.354 e. The molecule has 1 unspecified atom stereocenters. The molecule has 0 saturated carbocycles. The second-order valence-electron chi connectivity index (χ2n) is 6.77.